The van der Waals surface area contributed by atoms with Gasteiger partial charge in [-0.1, -0.05) is 24.3 Å². The summed E-state index contributed by atoms with van der Waals surface area (Å²) in [6.45, 7) is -0.492. The van der Waals surface area contributed by atoms with Crippen LogP contribution in [0.15, 0.2) is 53.4 Å². The monoisotopic (exact) mass is 668 g/mol. The number of halogens is 2. The first-order chi connectivity index (χ1) is 14.6. The molecule has 0 bridgehead atoms. The van der Waals surface area contributed by atoms with Gasteiger partial charge < -0.3 is 14.6 Å². The Balaban J connectivity index is 1.69. The van der Waals surface area contributed by atoms with E-state index >= 15 is 0 Å². The molecule has 11 heteroatoms. The summed E-state index contributed by atoms with van der Waals surface area (Å²) in [5.41, 5.74) is 0.105. The summed E-state index contributed by atoms with van der Waals surface area (Å²) in [5, 5.41) is 10.5. The lowest BCUT2D eigenvalue weighted by Gasteiger charge is -2.11. The van der Waals surface area contributed by atoms with Gasteiger partial charge in [0.25, 0.3) is 10.1 Å². The average molecular weight is 668 g/mol. The number of carbonyl (C=O) groups excluding carboxylic acids is 2. The summed E-state index contributed by atoms with van der Waals surface area (Å²) >= 11 is 3.91. The molecule has 0 saturated carbocycles. The van der Waals surface area contributed by atoms with Gasteiger partial charge in [0, 0.05) is 8.96 Å². The largest absolute Gasteiger partial charge is 0.506 e. The maximum absolute atomic E-state index is 12.5. The molecule has 162 valence electrons. The highest BCUT2D eigenvalue weighted by molar-refractivity contribution is 14.1. The summed E-state index contributed by atoms with van der Waals surface area (Å²) in [6, 6.07) is 11.7. The lowest BCUT2D eigenvalue weighted by molar-refractivity contribution is 0.0265. The van der Waals surface area contributed by atoms with Gasteiger partial charge in [-0.25, -0.2) is 9.59 Å². The van der Waals surface area contributed by atoms with Crippen molar-refractivity contribution in [1.82, 2.24) is 0 Å². The fraction of sp³-hybridized carbons (Fsp3) is 0.100. The number of hydrogen-bond donors (Lipinski definition) is 2. The Morgan fingerprint density at radius 1 is 0.871 bits per heavy atom. The van der Waals surface area contributed by atoms with Gasteiger partial charge in [-0.2, -0.15) is 8.42 Å². The number of benzene rings is 3. The minimum absolute atomic E-state index is 0.00872. The van der Waals surface area contributed by atoms with Gasteiger partial charge in [0.2, 0.25) is 0 Å². The summed E-state index contributed by atoms with van der Waals surface area (Å²) in [6.07, 6.45) is 0. The van der Waals surface area contributed by atoms with Gasteiger partial charge in [0.15, 0.2) is 0 Å². The second-order valence-electron chi connectivity index (χ2n) is 6.19. The number of phenols is 1. The van der Waals surface area contributed by atoms with Crippen LogP contribution in [-0.2, 0) is 19.6 Å². The molecule has 0 fully saturated rings. The van der Waals surface area contributed by atoms with Crippen LogP contribution in [-0.4, -0.2) is 43.2 Å². The van der Waals surface area contributed by atoms with Gasteiger partial charge in [0.05, 0.1) is 9.13 Å². The van der Waals surface area contributed by atoms with Crippen molar-refractivity contribution in [2.24, 2.45) is 0 Å². The Morgan fingerprint density at radius 2 is 1.45 bits per heavy atom. The van der Waals surface area contributed by atoms with Crippen LogP contribution < -0.4 is 0 Å². The fourth-order valence-corrected chi connectivity index (χ4v) is 5.36. The van der Waals surface area contributed by atoms with Gasteiger partial charge >= 0.3 is 11.9 Å². The molecule has 3 aromatic rings. The van der Waals surface area contributed by atoms with Crippen molar-refractivity contribution >= 4 is 78.0 Å². The molecule has 0 atom stereocenters. The molecule has 8 nitrogen and oxygen atoms in total. The number of ether oxygens (including phenoxy) is 2. The van der Waals surface area contributed by atoms with Gasteiger partial charge in [-0.3, -0.25) is 4.55 Å². The standard InChI is InChI=1S/C20H14I2O8S/c21-11-9-15(18(23)16(22)10-11)20(25)30-8-7-29-19(24)14-5-6-17(31(26,27)28)13-4-2-1-3-12(13)14/h1-6,9-10,23H,7-8H2,(H,26,27,28). The van der Waals surface area contributed by atoms with Crippen LogP contribution >= 0.6 is 45.2 Å². The first kappa shape index (κ1) is 23.7. The van der Waals surface area contributed by atoms with E-state index in [0.29, 0.717) is 3.57 Å². The predicted molar refractivity (Wildman–Crippen MR) is 128 cm³/mol. The molecule has 0 aromatic heterocycles. The predicted octanol–water partition coefficient (Wildman–Crippen LogP) is 4.02. The SMILES string of the molecule is O=C(OCCOC(=O)c1ccc(S(=O)(=O)O)c2ccccc12)c1cc(I)cc(I)c1O. The number of aromatic hydroxyl groups is 1. The molecule has 0 spiro atoms. The first-order valence-electron chi connectivity index (χ1n) is 8.61. The Labute approximate surface area is 204 Å². The molecule has 0 aliphatic carbocycles. The van der Waals surface area contributed by atoms with Crippen molar-refractivity contribution < 1.29 is 37.1 Å². The number of fused-ring (bicyclic) bond motifs is 1. The van der Waals surface area contributed by atoms with Gasteiger partial charge in [-0.15, -0.1) is 0 Å². The van der Waals surface area contributed by atoms with Crippen molar-refractivity contribution in [1.29, 1.82) is 0 Å². The molecule has 0 heterocycles. The normalized spacial score (nSPS) is 11.3. The first-order valence-corrected chi connectivity index (χ1v) is 12.2. The highest BCUT2D eigenvalue weighted by Crippen LogP contribution is 2.28. The third-order valence-corrected chi connectivity index (χ3v) is 6.54. The zero-order valence-electron chi connectivity index (χ0n) is 15.5. The molecule has 0 amide bonds. The van der Waals surface area contributed by atoms with Crippen LogP contribution in [0, 0.1) is 7.14 Å². The zero-order chi connectivity index (χ0) is 22.8. The van der Waals surface area contributed by atoms with Crippen molar-refractivity contribution in [3.05, 3.63) is 66.8 Å². The molecule has 0 saturated heterocycles. The van der Waals surface area contributed by atoms with E-state index in [2.05, 4.69) is 0 Å². The van der Waals surface area contributed by atoms with E-state index < -0.39 is 22.1 Å². The molecular formula is C20H14I2O8S. The van der Waals surface area contributed by atoms with Crippen molar-refractivity contribution in [2.75, 3.05) is 13.2 Å². The fourth-order valence-electron chi connectivity index (χ4n) is 2.82. The lowest BCUT2D eigenvalue weighted by Crippen LogP contribution is -2.15. The molecule has 0 aliphatic rings. The van der Waals surface area contributed by atoms with Crippen molar-refractivity contribution in [3.63, 3.8) is 0 Å². The van der Waals surface area contributed by atoms with E-state index in [9.17, 15) is 27.7 Å². The summed E-state index contributed by atoms with van der Waals surface area (Å²) < 4.78 is 43.9. The van der Waals surface area contributed by atoms with Crippen LogP contribution in [0.25, 0.3) is 10.8 Å². The van der Waals surface area contributed by atoms with E-state index in [4.69, 9.17) is 9.47 Å². The van der Waals surface area contributed by atoms with E-state index in [1.54, 1.807) is 18.2 Å². The lowest BCUT2D eigenvalue weighted by atomic mass is 10.0. The molecule has 0 aliphatic heterocycles. The van der Waals surface area contributed by atoms with E-state index in [1.807, 2.05) is 45.2 Å². The van der Waals surface area contributed by atoms with Crippen LogP contribution in [0.4, 0.5) is 0 Å². The number of carbonyl (C=O) groups is 2. The molecule has 2 N–H and O–H groups in total. The van der Waals surface area contributed by atoms with E-state index in [0.717, 1.165) is 9.64 Å². The van der Waals surface area contributed by atoms with E-state index in [1.165, 1.54) is 24.3 Å². The van der Waals surface area contributed by atoms with Gasteiger partial charge in [0.1, 0.15) is 29.4 Å². The van der Waals surface area contributed by atoms with Gasteiger partial charge in [-0.05, 0) is 74.8 Å². The van der Waals surface area contributed by atoms with E-state index in [-0.39, 0.29) is 45.8 Å². The average Bonchev–Trinajstić information content (AvgIpc) is 2.71. The zero-order valence-corrected chi connectivity index (χ0v) is 20.7. The second-order valence-corrected chi connectivity index (χ2v) is 9.99. The maximum Gasteiger partial charge on any atom is 0.342 e. The molecule has 3 rings (SSSR count). The van der Waals surface area contributed by atoms with Crippen molar-refractivity contribution in [2.45, 2.75) is 4.90 Å². The third kappa shape index (κ3) is 5.45. The smallest absolute Gasteiger partial charge is 0.342 e. The minimum Gasteiger partial charge on any atom is -0.506 e. The maximum atomic E-state index is 12.5. The Bertz CT molecular complexity index is 1290. The number of esters is 2. The van der Waals surface area contributed by atoms with Crippen LogP contribution in [0.5, 0.6) is 5.75 Å². The molecule has 3 aromatic carbocycles. The summed E-state index contributed by atoms with van der Waals surface area (Å²) in [5.74, 6) is -1.69. The number of phenolic OH excluding ortho intramolecular Hbond substituents is 1. The van der Waals surface area contributed by atoms with Crippen LogP contribution in [0.1, 0.15) is 20.7 Å². The van der Waals surface area contributed by atoms with Crippen LogP contribution in [0.2, 0.25) is 0 Å². The minimum atomic E-state index is -4.47. The summed E-state index contributed by atoms with van der Waals surface area (Å²) in [4.78, 5) is 24.3. The quantitative estimate of drug-likeness (QED) is 0.175. The Kier molecular flexibility index (Phi) is 7.39. The highest BCUT2D eigenvalue weighted by atomic mass is 127. The highest BCUT2D eigenvalue weighted by Gasteiger charge is 2.20. The second kappa shape index (κ2) is 9.67. The molecule has 31 heavy (non-hydrogen) atoms. The summed E-state index contributed by atoms with van der Waals surface area (Å²) in [7, 11) is -4.47. The molecular weight excluding hydrogens is 654 g/mol. The molecule has 0 unspecified atom stereocenters. The van der Waals surface area contributed by atoms with Crippen LogP contribution in [0.3, 0.4) is 0 Å². The Hall–Kier alpha value is -1.97. The molecule has 0 radical (unpaired) electrons. The number of hydrogen-bond acceptors (Lipinski definition) is 7. The Morgan fingerprint density at radius 3 is 2.06 bits per heavy atom. The topological polar surface area (TPSA) is 127 Å². The van der Waals surface area contributed by atoms with Crippen molar-refractivity contribution in [3.8, 4) is 5.75 Å². The number of rotatable bonds is 6. The third-order valence-electron chi connectivity index (χ3n) is 4.18.